The number of nitrogens with zero attached hydrogens (tertiary/aromatic N) is 1. The van der Waals surface area contributed by atoms with Gasteiger partial charge in [-0.3, -0.25) is 0 Å². The number of rotatable bonds is 7. The average Bonchev–Trinajstić information content (AvgIpc) is 2.85. The third-order valence-corrected chi connectivity index (χ3v) is 3.82. The largest absolute Gasteiger partial charge is 0.349 e. The second kappa shape index (κ2) is 7.29. The summed E-state index contributed by atoms with van der Waals surface area (Å²) in [6.07, 6.45) is 2.16. The van der Waals surface area contributed by atoms with Gasteiger partial charge >= 0.3 is 0 Å². The number of nitrogens with one attached hydrogen (secondary N) is 1. The Morgan fingerprint density at radius 3 is 2.72 bits per heavy atom. The van der Waals surface area contributed by atoms with Gasteiger partial charge in [0, 0.05) is 35.6 Å². The fourth-order valence-corrected chi connectivity index (χ4v) is 2.73. The predicted molar refractivity (Wildman–Crippen MR) is 79.0 cm³/mol. The molecule has 3 heteroatoms. The van der Waals surface area contributed by atoms with Crippen LogP contribution in [0.5, 0.6) is 0 Å². The van der Waals surface area contributed by atoms with Gasteiger partial charge in [-0.2, -0.15) is 0 Å². The highest BCUT2D eigenvalue weighted by atomic mass is 32.2. The summed E-state index contributed by atoms with van der Waals surface area (Å²) in [5.41, 5.74) is 1.37. The lowest BCUT2D eigenvalue weighted by molar-refractivity contribution is 0.649. The van der Waals surface area contributed by atoms with E-state index in [1.165, 1.54) is 10.6 Å². The molecule has 1 heterocycles. The Balaban J connectivity index is 1.81. The summed E-state index contributed by atoms with van der Waals surface area (Å²) in [4.78, 5) is 1.35. The molecule has 18 heavy (non-hydrogen) atoms. The highest BCUT2D eigenvalue weighted by molar-refractivity contribution is 7.99. The maximum Gasteiger partial charge on any atom is 0.0359 e. The summed E-state index contributed by atoms with van der Waals surface area (Å²) in [5, 5.41) is 3.37. The molecule has 0 amide bonds. The normalized spacial score (nSPS) is 10.7. The third kappa shape index (κ3) is 3.93. The van der Waals surface area contributed by atoms with Crippen molar-refractivity contribution in [2.75, 3.05) is 12.3 Å². The molecule has 2 rings (SSSR count). The molecule has 0 fully saturated rings. The molecule has 0 saturated carbocycles. The van der Waals surface area contributed by atoms with Crippen LogP contribution in [-0.4, -0.2) is 16.9 Å². The molecule has 0 saturated heterocycles. The lowest BCUT2D eigenvalue weighted by Gasteiger charge is -2.09. The SMILES string of the molecule is CCNCc1cccn1CCSc1ccccc1. The summed E-state index contributed by atoms with van der Waals surface area (Å²) >= 11 is 1.91. The van der Waals surface area contributed by atoms with E-state index in [0.717, 1.165) is 25.4 Å². The number of aromatic nitrogens is 1. The summed E-state index contributed by atoms with van der Waals surface area (Å²) in [6, 6.07) is 14.9. The Morgan fingerprint density at radius 1 is 1.11 bits per heavy atom. The van der Waals surface area contributed by atoms with E-state index in [1.54, 1.807) is 0 Å². The summed E-state index contributed by atoms with van der Waals surface area (Å²) in [6.45, 7) is 5.18. The standard InChI is InChI=1S/C15H20N2S/c1-2-16-13-14-7-6-10-17(14)11-12-18-15-8-4-3-5-9-15/h3-10,16H,2,11-13H2,1H3. The van der Waals surface area contributed by atoms with E-state index in [0.29, 0.717) is 0 Å². The van der Waals surface area contributed by atoms with Crippen LogP contribution < -0.4 is 5.32 Å². The van der Waals surface area contributed by atoms with Gasteiger partial charge in [-0.25, -0.2) is 0 Å². The molecule has 0 atom stereocenters. The van der Waals surface area contributed by atoms with Crippen LogP contribution in [0.1, 0.15) is 12.6 Å². The summed E-state index contributed by atoms with van der Waals surface area (Å²) < 4.78 is 2.33. The van der Waals surface area contributed by atoms with Gasteiger partial charge in [-0.05, 0) is 30.8 Å². The Hall–Kier alpha value is -1.19. The molecule has 0 radical (unpaired) electrons. The zero-order chi connectivity index (χ0) is 12.6. The number of benzene rings is 1. The fourth-order valence-electron chi connectivity index (χ4n) is 1.86. The Kier molecular flexibility index (Phi) is 5.36. The Labute approximate surface area is 113 Å². The minimum Gasteiger partial charge on any atom is -0.349 e. The van der Waals surface area contributed by atoms with Crippen LogP contribution in [0.3, 0.4) is 0 Å². The van der Waals surface area contributed by atoms with Crippen molar-refractivity contribution in [1.82, 2.24) is 9.88 Å². The molecule has 2 aromatic rings. The van der Waals surface area contributed by atoms with Crippen LogP contribution >= 0.6 is 11.8 Å². The Bertz CT molecular complexity index is 451. The third-order valence-electron chi connectivity index (χ3n) is 2.82. The van der Waals surface area contributed by atoms with Gasteiger partial charge < -0.3 is 9.88 Å². The molecule has 2 nitrogen and oxygen atoms in total. The molecule has 0 spiro atoms. The highest BCUT2D eigenvalue weighted by Crippen LogP contribution is 2.17. The van der Waals surface area contributed by atoms with Crippen molar-refractivity contribution in [3.05, 3.63) is 54.4 Å². The molecule has 0 aliphatic heterocycles. The first kappa shape index (κ1) is 13.2. The second-order valence-corrected chi connectivity index (χ2v) is 5.30. The number of hydrogen-bond donors (Lipinski definition) is 1. The molecule has 0 bridgehead atoms. The molecule has 1 N–H and O–H groups in total. The van der Waals surface area contributed by atoms with Gasteiger partial charge in [0.15, 0.2) is 0 Å². The molecular formula is C15H20N2S. The van der Waals surface area contributed by atoms with E-state index < -0.39 is 0 Å². The van der Waals surface area contributed by atoms with Gasteiger partial charge in [0.2, 0.25) is 0 Å². The smallest absolute Gasteiger partial charge is 0.0359 e. The van der Waals surface area contributed by atoms with Gasteiger partial charge in [-0.15, -0.1) is 11.8 Å². The van der Waals surface area contributed by atoms with E-state index in [1.807, 2.05) is 11.8 Å². The minimum atomic E-state index is 0.958. The molecular weight excluding hydrogens is 240 g/mol. The maximum atomic E-state index is 3.37. The molecule has 96 valence electrons. The topological polar surface area (TPSA) is 17.0 Å². The molecule has 0 unspecified atom stereocenters. The van der Waals surface area contributed by atoms with Gasteiger partial charge in [0.1, 0.15) is 0 Å². The quantitative estimate of drug-likeness (QED) is 0.769. The van der Waals surface area contributed by atoms with Crippen molar-refractivity contribution >= 4 is 11.8 Å². The van der Waals surface area contributed by atoms with E-state index >= 15 is 0 Å². The average molecular weight is 260 g/mol. The first-order valence-electron chi connectivity index (χ1n) is 6.42. The van der Waals surface area contributed by atoms with Crippen molar-refractivity contribution in [2.24, 2.45) is 0 Å². The van der Waals surface area contributed by atoms with E-state index in [2.05, 4.69) is 65.5 Å². The predicted octanol–water partition coefficient (Wildman–Crippen LogP) is 3.39. The summed E-state index contributed by atoms with van der Waals surface area (Å²) in [5.74, 6) is 1.11. The molecule has 0 aliphatic rings. The van der Waals surface area contributed by atoms with E-state index in [-0.39, 0.29) is 0 Å². The first-order valence-corrected chi connectivity index (χ1v) is 7.41. The van der Waals surface area contributed by atoms with Gasteiger partial charge in [0.05, 0.1) is 0 Å². The van der Waals surface area contributed by atoms with Crippen LogP contribution in [0.25, 0.3) is 0 Å². The van der Waals surface area contributed by atoms with Crippen LogP contribution in [-0.2, 0) is 13.1 Å². The number of hydrogen-bond acceptors (Lipinski definition) is 2. The maximum absolute atomic E-state index is 3.37. The van der Waals surface area contributed by atoms with Crippen LogP contribution in [0.15, 0.2) is 53.6 Å². The van der Waals surface area contributed by atoms with Gasteiger partial charge in [0.25, 0.3) is 0 Å². The monoisotopic (exact) mass is 260 g/mol. The Morgan fingerprint density at radius 2 is 1.94 bits per heavy atom. The molecule has 0 aliphatic carbocycles. The minimum absolute atomic E-state index is 0.958. The van der Waals surface area contributed by atoms with Crippen molar-refractivity contribution in [2.45, 2.75) is 24.9 Å². The van der Waals surface area contributed by atoms with Crippen LogP contribution in [0.4, 0.5) is 0 Å². The van der Waals surface area contributed by atoms with Crippen LogP contribution in [0.2, 0.25) is 0 Å². The second-order valence-electron chi connectivity index (χ2n) is 4.13. The number of aryl methyl sites for hydroxylation is 1. The van der Waals surface area contributed by atoms with Crippen LogP contribution in [0, 0.1) is 0 Å². The lowest BCUT2D eigenvalue weighted by atomic mass is 10.4. The summed E-state index contributed by atoms with van der Waals surface area (Å²) in [7, 11) is 0. The van der Waals surface area contributed by atoms with E-state index in [9.17, 15) is 0 Å². The fraction of sp³-hybridized carbons (Fsp3) is 0.333. The van der Waals surface area contributed by atoms with Crippen molar-refractivity contribution < 1.29 is 0 Å². The zero-order valence-corrected chi connectivity index (χ0v) is 11.6. The van der Waals surface area contributed by atoms with Crippen molar-refractivity contribution in [3.8, 4) is 0 Å². The highest BCUT2D eigenvalue weighted by Gasteiger charge is 2.00. The zero-order valence-electron chi connectivity index (χ0n) is 10.8. The van der Waals surface area contributed by atoms with E-state index in [4.69, 9.17) is 0 Å². The van der Waals surface area contributed by atoms with Gasteiger partial charge in [-0.1, -0.05) is 25.1 Å². The molecule has 1 aromatic carbocycles. The van der Waals surface area contributed by atoms with Crippen molar-refractivity contribution in [3.63, 3.8) is 0 Å². The lowest BCUT2D eigenvalue weighted by Crippen LogP contribution is -2.15. The molecule has 1 aromatic heterocycles. The number of thioether (sulfide) groups is 1. The van der Waals surface area contributed by atoms with Crippen molar-refractivity contribution in [1.29, 1.82) is 0 Å². The first-order chi connectivity index (χ1) is 8.90.